The molecule has 1 atom stereocenters. The van der Waals surface area contributed by atoms with E-state index in [-0.39, 0.29) is 6.04 Å². The summed E-state index contributed by atoms with van der Waals surface area (Å²) >= 11 is 1.66. The van der Waals surface area contributed by atoms with Gasteiger partial charge in [-0.15, -0.1) is 11.3 Å². The van der Waals surface area contributed by atoms with E-state index in [2.05, 4.69) is 28.4 Å². The van der Waals surface area contributed by atoms with E-state index < -0.39 is 0 Å². The lowest BCUT2D eigenvalue weighted by Gasteiger charge is -2.16. The largest absolute Gasteiger partial charge is 0.374 e. The Kier molecular flexibility index (Phi) is 3.29. The molecule has 0 saturated heterocycles. The highest BCUT2D eigenvalue weighted by Gasteiger charge is 2.11. The van der Waals surface area contributed by atoms with E-state index in [9.17, 15) is 0 Å². The number of nitrogens with one attached hydrogen (secondary N) is 1. The highest BCUT2D eigenvalue weighted by Crippen LogP contribution is 2.25. The SMILES string of the molecule is CC(Nc1ccccc1-n1cccn1)c1nccs1. The summed E-state index contributed by atoms with van der Waals surface area (Å²) in [6, 6.07) is 10.2. The van der Waals surface area contributed by atoms with E-state index in [1.807, 2.05) is 46.7 Å². The minimum Gasteiger partial charge on any atom is -0.374 e. The first-order valence-electron chi connectivity index (χ1n) is 6.09. The molecule has 0 aliphatic carbocycles. The van der Waals surface area contributed by atoms with Crippen molar-refractivity contribution in [2.75, 3.05) is 5.32 Å². The zero-order valence-electron chi connectivity index (χ0n) is 10.5. The fraction of sp³-hybridized carbons (Fsp3) is 0.143. The molecule has 0 spiro atoms. The van der Waals surface area contributed by atoms with Crippen LogP contribution in [0.4, 0.5) is 5.69 Å². The molecule has 1 aromatic carbocycles. The first kappa shape index (κ1) is 11.9. The number of para-hydroxylation sites is 2. The van der Waals surface area contributed by atoms with Gasteiger partial charge in [-0.05, 0) is 25.1 Å². The lowest BCUT2D eigenvalue weighted by molar-refractivity contribution is 0.846. The van der Waals surface area contributed by atoms with Gasteiger partial charge >= 0.3 is 0 Å². The Morgan fingerprint density at radius 3 is 2.84 bits per heavy atom. The molecule has 19 heavy (non-hydrogen) atoms. The normalized spacial score (nSPS) is 12.3. The van der Waals surface area contributed by atoms with Crippen molar-refractivity contribution in [3.8, 4) is 5.69 Å². The third kappa shape index (κ3) is 2.51. The quantitative estimate of drug-likeness (QED) is 0.789. The lowest BCUT2D eigenvalue weighted by atomic mass is 10.2. The van der Waals surface area contributed by atoms with Gasteiger partial charge in [0.15, 0.2) is 0 Å². The third-order valence-corrected chi connectivity index (χ3v) is 3.81. The number of thiazole rings is 1. The molecule has 96 valence electrons. The maximum atomic E-state index is 4.34. The van der Waals surface area contributed by atoms with Crippen molar-refractivity contribution in [2.45, 2.75) is 13.0 Å². The van der Waals surface area contributed by atoms with Crippen LogP contribution in [-0.2, 0) is 0 Å². The molecule has 3 aromatic rings. The van der Waals surface area contributed by atoms with Crippen LogP contribution >= 0.6 is 11.3 Å². The second kappa shape index (κ2) is 5.24. The minimum absolute atomic E-state index is 0.178. The summed E-state index contributed by atoms with van der Waals surface area (Å²) in [5.41, 5.74) is 2.09. The number of hydrogen-bond acceptors (Lipinski definition) is 4. The summed E-state index contributed by atoms with van der Waals surface area (Å²) in [4.78, 5) is 4.34. The van der Waals surface area contributed by atoms with Gasteiger partial charge in [0, 0.05) is 24.0 Å². The van der Waals surface area contributed by atoms with Crippen molar-refractivity contribution >= 4 is 17.0 Å². The Hall–Kier alpha value is -2.14. The molecule has 3 rings (SSSR count). The van der Waals surface area contributed by atoms with Crippen LogP contribution < -0.4 is 5.32 Å². The Morgan fingerprint density at radius 1 is 1.21 bits per heavy atom. The van der Waals surface area contributed by atoms with Crippen molar-refractivity contribution in [1.82, 2.24) is 14.8 Å². The summed E-state index contributed by atoms with van der Waals surface area (Å²) in [6.07, 6.45) is 5.55. The molecule has 4 nitrogen and oxygen atoms in total. The Bertz CT molecular complexity index is 631. The van der Waals surface area contributed by atoms with Crippen LogP contribution in [0.1, 0.15) is 18.0 Å². The van der Waals surface area contributed by atoms with Crippen LogP contribution in [0.15, 0.2) is 54.3 Å². The molecule has 5 heteroatoms. The standard InChI is InChI=1S/C14H14N4S/c1-11(14-15-8-10-19-14)17-12-5-2-3-6-13(12)18-9-4-7-16-18/h2-11,17H,1H3. The molecular weight excluding hydrogens is 256 g/mol. The van der Waals surface area contributed by atoms with E-state index in [4.69, 9.17) is 0 Å². The Balaban J connectivity index is 1.89. The summed E-state index contributed by atoms with van der Waals surface area (Å²) < 4.78 is 1.86. The van der Waals surface area contributed by atoms with Gasteiger partial charge in [0.2, 0.25) is 0 Å². The predicted octanol–water partition coefficient (Wildman–Crippen LogP) is 3.50. The van der Waals surface area contributed by atoms with Crippen LogP contribution in [0, 0.1) is 0 Å². The summed E-state index contributed by atoms with van der Waals surface area (Å²) in [5.74, 6) is 0. The van der Waals surface area contributed by atoms with Gasteiger partial charge in [0.05, 0.1) is 17.4 Å². The molecule has 0 amide bonds. The number of hydrogen-bond donors (Lipinski definition) is 1. The number of anilines is 1. The monoisotopic (exact) mass is 270 g/mol. The average molecular weight is 270 g/mol. The topological polar surface area (TPSA) is 42.7 Å². The van der Waals surface area contributed by atoms with Gasteiger partial charge < -0.3 is 5.32 Å². The molecule has 1 N–H and O–H groups in total. The van der Waals surface area contributed by atoms with Gasteiger partial charge in [-0.1, -0.05) is 12.1 Å². The minimum atomic E-state index is 0.178. The Morgan fingerprint density at radius 2 is 2.11 bits per heavy atom. The predicted molar refractivity (Wildman–Crippen MR) is 77.7 cm³/mol. The van der Waals surface area contributed by atoms with Gasteiger partial charge in [-0.2, -0.15) is 5.10 Å². The molecule has 0 aliphatic heterocycles. The van der Waals surface area contributed by atoms with Crippen LogP contribution in [-0.4, -0.2) is 14.8 Å². The lowest BCUT2D eigenvalue weighted by Crippen LogP contribution is -2.09. The maximum Gasteiger partial charge on any atom is 0.115 e. The van der Waals surface area contributed by atoms with Gasteiger partial charge in [-0.25, -0.2) is 9.67 Å². The molecule has 0 bridgehead atoms. The molecule has 0 aliphatic rings. The second-order valence-corrected chi connectivity index (χ2v) is 5.13. The summed E-state index contributed by atoms with van der Waals surface area (Å²) in [5, 5.41) is 10.8. The summed E-state index contributed by atoms with van der Waals surface area (Å²) in [6.45, 7) is 2.11. The van der Waals surface area contributed by atoms with E-state index in [1.165, 1.54) is 0 Å². The van der Waals surface area contributed by atoms with E-state index >= 15 is 0 Å². The fourth-order valence-electron chi connectivity index (χ4n) is 1.95. The van der Waals surface area contributed by atoms with E-state index in [0.29, 0.717) is 0 Å². The van der Waals surface area contributed by atoms with Crippen molar-refractivity contribution < 1.29 is 0 Å². The third-order valence-electron chi connectivity index (χ3n) is 2.85. The second-order valence-electron chi connectivity index (χ2n) is 4.20. The average Bonchev–Trinajstić information content (AvgIpc) is 3.13. The van der Waals surface area contributed by atoms with Crippen molar-refractivity contribution in [1.29, 1.82) is 0 Å². The van der Waals surface area contributed by atoms with Crippen LogP contribution in [0.3, 0.4) is 0 Å². The maximum absolute atomic E-state index is 4.34. The first-order valence-corrected chi connectivity index (χ1v) is 6.97. The highest BCUT2D eigenvalue weighted by atomic mass is 32.1. The van der Waals surface area contributed by atoms with Crippen molar-refractivity contribution in [3.63, 3.8) is 0 Å². The zero-order valence-corrected chi connectivity index (χ0v) is 11.3. The zero-order chi connectivity index (χ0) is 13.1. The molecule has 0 fully saturated rings. The van der Waals surface area contributed by atoms with E-state index in [1.54, 1.807) is 17.5 Å². The van der Waals surface area contributed by atoms with Gasteiger partial charge in [0.1, 0.15) is 5.01 Å². The van der Waals surface area contributed by atoms with Gasteiger partial charge in [0.25, 0.3) is 0 Å². The number of aromatic nitrogens is 3. The van der Waals surface area contributed by atoms with Crippen LogP contribution in [0.25, 0.3) is 5.69 Å². The van der Waals surface area contributed by atoms with E-state index in [0.717, 1.165) is 16.4 Å². The van der Waals surface area contributed by atoms with Crippen molar-refractivity contribution in [3.05, 3.63) is 59.3 Å². The molecule has 0 saturated carbocycles. The molecule has 2 aromatic heterocycles. The molecule has 0 radical (unpaired) electrons. The molecular formula is C14H14N4S. The van der Waals surface area contributed by atoms with Crippen LogP contribution in [0.5, 0.6) is 0 Å². The Labute approximate surface area is 115 Å². The fourth-order valence-corrected chi connectivity index (χ4v) is 2.60. The number of rotatable bonds is 4. The number of benzene rings is 1. The molecule has 1 unspecified atom stereocenters. The van der Waals surface area contributed by atoms with Crippen LogP contribution in [0.2, 0.25) is 0 Å². The summed E-state index contributed by atoms with van der Waals surface area (Å²) in [7, 11) is 0. The highest BCUT2D eigenvalue weighted by molar-refractivity contribution is 7.09. The first-order chi connectivity index (χ1) is 9.34. The smallest absolute Gasteiger partial charge is 0.115 e. The van der Waals surface area contributed by atoms with Crippen molar-refractivity contribution in [2.24, 2.45) is 0 Å². The number of nitrogens with zero attached hydrogens (tertiary/aromatic N) is 3. The molecule has 2 heterocycles. The van der Waals surface area contributed by atoms with Gasteiger partial charge in [-0.3, -0.25) is 0 Å².